The van der Waals surface area contributed by atoms with Gasteiger partial charge in [0.2, 0.25) is 0 Å². The van der Waals surface area contributed by atoms with Crippen molar-refractivity contribution in [3.8, 4) is 6.07 Å². The molecule has 0 unspecified atom stereocenters. The number of aryl methyl sites for hydroxylation is 3. The van der Waals surface area contributed by atoms with Gasteiger partial charge in [-0.15, -0.1) is 0 Å². The van der Waals surface area contributed by atoms with Crippen LogP contribution in [0.5, 0.6) is 0 Å². The van der Waals surface area contributed by atoms with Crippen molar-refractivity contribution < 1.29 is 4.42 Å². The van der Waals surface area contributed by atoms with Crippen LogP contribution in [0.3, 0.4) is 0 Å². The van der Waals surface area contributed by atoms with E-state index in [9.17, 15) is 0 Å². The molecule has 7 heteroatoms. The maximum Gasteiger partial charge on any atom is 0.140 e. The van der Waals surface area contributed by atoms with Crippen LogP contribution in [0.15, 0.2) is 40.9 Å². The lowest BCUT2D eigenvalue weighted by Crippen LogP contribution is -2.35. The molecule has 0 radical (unpaired) electrons. The molecule has 0 saturated carbocycles. The van der Waals surface area contributed by atoms with Crippen molar-refractivity contribution in [3.63, 3.8) is 0 Å². The molecular weight excluding hydrogens is 388 g/mol. The van der Waals surface area contributed by atoms with Crippen LogP contribution in [0, 0.1) is 25.2 Å². The minimum absolute atomic E-state index is 0.299. The molecule has 0 aromatic carbocycles. The Morgan fingerprint density at radius 3 is 2.84 bits per heavy atom. The van der Waals surface area contributed by atoms with Crippen molar-refractivity contribution in [3.05, 3.63) is 65.3 Å². The minimum Gasteiger partial charge on any atom is -0.466 e. The lowest BCUT2D eigenvalue weighted by atomic mass is 9.98. The number of nitrogens with zero attached hydrogens (tertiary/aromatic N) is 5. The largest absolute Gasteiger partial charge is 0.466 e. The third-order valence-electron chi connectivity index (χ3n) is 5.63. The molecule has 1 aliphatic heterocycles. The third-order valence-corrected chi connectivity index (χ3v) is 5.63. The Hall–Kier alpha value is -3.24. The fraction of sp³-hybridized carbons (Fsp3) is 0.417. The molecule has 0 amide bonds. The molecule has 160 valence electrons. The van der Waals surface area contributed by atoms with E-state index >= 15 is 0 Å². The van der Waals surface area contributed by atoms with Crippen LogP contribution in [0.4, 0.5) is 11.5 Å². The van der Waals surface area contributed by atoms with E-state index in [2.05, 4.69) is 26.3 Å². The summed E-state index contributed by atoms with van der Waals surface area (Å²) in [4.78, 5) is 16.0. The summed E-state index contributed by atoms with van der Waals surface area (Å²) in [5.74, 6) is 3.54. The van der Waals surface area contributed by atoms with E-state index in [-0.39, 0.29) is 0 Å². The van der Waals surface area contributed by atoms with E-state index < -0.39 is 0 Å². The number of likely N-dealkylation sites (tertiary alicyclic amines) is 1. The van der Waals surface area contributed by atoms with E-state index in [1.807, 2.05) is 38.1 Å². The van der Waals surface area contributed by atoms with Gasteiger partial charge in [0.15, 0.2) is 0 Å². The lowest BCUT2D eigenvalue weighted by Gasteiger charge is -2.35. The Kier molecular flexibility index (Phi) is 6.58. The summed E-state index contributed by atoms with van der Waals surface area (Å²) in [6, 6.07) is 12.0. The number of nitriles is 1. The zero-order valence-electron chi connectivity index (χ0n) is 18.1. The molecule has 31 heavy (non-hydrogen) atoms. The second kappa shape index (κ2) is 9.71. The fourth-order valence-corrected chi connectivity index (χ4v) is 4.18. The number of furan rings is 1. The first-order valence-electron chi connectivity index (χ1n) is 10.9. The van der Waals surface area contributed by atoms with E-state index in [0.29, 0.717) is 11.7 Å². The van der Waals surface area contributed by atoms with E-state index in [0.717, 1.165) is 66.9 Å². The third kappa shape index (κ3) is 5.47. The van der Waals surface area contributed by atoms with Crippen LogP contribution < -0.4 is 5.32 Å². The number of rotatable bonds is 7. The molecule has 3 aromatic heterocycles. The molecule has 7 nitrogen and oxygen atoms in total. The first-order valence-corrected chi connectivity index (χ1v) is 10.9. The fourth-order valence-electron chi connectivity index (χ4n) is 4.18. The van der Waals surface area contributed by atoms with Gasteiger partial charge in [0.05, 0.1) is 23.6 Å². The normalized spacial score (nSPS) is 16.7. The maximum absolute atomic E-state index is 8.92. The quantitative estimate of drug-likeness (QED) is 0.588. The second-order valence-electron chi connectivity index (χ2n) is 8.06. The van der Waals surface area contributed by atoms with Gasteiger partial charge in [-0.3, -0.25) is 4.90 Å². The number of nitrogens with one attached hydrogen (secondary N) is 1. The topological polar surface area (TPSA) is 90.9 Å². The van der Waals surface area contributed by atoms with Crippen molar-refractivity contribution in [1.29, 1.82) is 5.26 Å². The summed E-state index contributed by atoms with van der Waals surface area (Å²) >= 11 is 0. The van der Waals surface area contributed by atoms with E-state index in [4.69, 9.17) is 14.7 Å². The molecule has 0 aliphatic carbocycles. The molecule has 4 heterocycles. The maximum atomic E-state index is 8.92. The van der Waals surface area contributed by atoms with Gasteiger partial charge in [0, 0.05) is 12.5 Å². The average Bonchev–Trinajstić information content (AvgIpc) is 3.19. The molecular formula is C24H28N6O. The van der Waals surface area contributed by atoms with E-state index in [1.165, 1.54) is 12.8 Å². The number of anilines is 2. The van der Waals surface area contributed by atoms with Crippen LogP contribution >= 0.6 is 0 Å². The molecule has 1 aliphatic rings. The van der Waals surface area contributed by atoms with Crippen molar-refractivity contribution in [2.45, 2.75) is 52.0 Å². The molecule has 1 fully saturated rings. The smallest absolute Gasteiger partial charge is 0.140 e. The minimum atomic E-state index is 0.299. The SMILES string of the molecule is Cc1nc(Nc2ccc(C#N)nc2)cc([C@H]2CCCCN2CCCc2ccc(C)o2)n1. The Balaban J connectivity index is 1.45. The summed E-state index contributed by atoms with van der Waals surface area (Å²) in [7, 11) is 0. The van der Waals surface area contributed by atoms with Crippen LogP contribution in [0.2, 0.25) is 0 Å². The first kappa shape index (κ1) is 21.0. The van der Waals surface area contributed by atoms with Gasteiger partial charge in [0.25, 0.3) is 0 Å². The van der Waals surface area contributed by atoms with Crippen LogP contribution in [0.1, 0.15) is 60.5 Å². The monoisotopic (exact) mass is 416 g/mol. The van der Waals surface area contributed by atoms with Gasteiger partial charge in [-0.25, -0.2) is 15.0 Å². The van der Waals surface area contributed by atoms with Gasteiger partial charge in [-0.05, 0) is 70.5 Å². The molecule has 0 bridgehead atoms. The number of piperidine rings is 1. The van der Waals surface area contributed by atoms with Crippen LogP contribution in [-0.4, -0.2) is 32.9 Å². The summed E-state index contributed by atoms with van der Waals surface area (Å²) in [6.07, 6.45) is 7.22. The summed E-state index contributed by atoms with van der Waals surface area (Å²) in [6.45, 7) is 6.03. The second-order valence-corrected chi connectivity index (χ2v) is 8.06. The highest BCUT2D eigenvalue weighted by atomic mass is 16.3. The molecule has 1 N–H and O–H groups in total. The van der Waals surface area contributed by atoms with Gasteiger partial charge >= 0.3 is 0 Å². The number of pyridine rings is 1. The van der Waals surface area contributed by atoms with Crippen molar-refractivity contribution in [2.75, 3.05) is 18.4 Å². The molecule has 3 aromatic rings. The zero-order valence-corrected chi connectivity index (χ0v) is 18.1. The molecule has 1 saturated heterocycles. The Bertz CT molecular complexity index is 1050. The lowest BCUT2D eigenvalue weighted by molar-refractivity contribution is 0.143. The first-order chi connectivity index (χ1) is 15.1. The van der Waals surface area contributed by atoms with Crippen molar-refractivity contribution in [2.24, 2.45) is 0 Å². The van der Waals surface area contributed by atoms with Gasteiger partial charge < -0.3 is 9.73 Å². The number of aromatic nitrogens is 3. The van der Waals surface area contributed by atoms with Gasteiger partial charge in [0.1, 0.15) is 34.9 Å². The van der Waals surface area contributed by atoms with Crippen LogP contribution in [-0.2, 0) is 6.42 Å². The molecule has 0 spiro atoms. The summed E-state index contributed by atoms with van der Waals surface area (Å²) in [5.41, 5.74) is 2.26. The highest BCUT2D eigenvalue weighted by molar-refractivity contribution is 5.55. The predicted octanol–water partition coefficient (Wildman–Crippen LogP) is 4.86. The summed E-state index contributed by atoms with van der Waals surface area (Å²) in [5, 5.41) is 12.2. The Morgan fingerprint density at radius 1 is 1.19 bits per heavy atom. The zero-order chi connectivity index (χ0) is 21.6. The van der Waals surface area contributed by atoms with Crippen molar-refractivity contribution >= 4 is 11.5 Å². The van der Waals surface area contributed by atoms with Gasteiger partial charge in [-0.2, -0.15) is 5.26 Å². The Labute approximate surface area is 183 Å². The summed E-state index contributed by atoms with van der Waals surface area (Å²) < 4.78 is 5.72. The highest BCUT2D eigenvalue weighted by Crippen LogP contribution is 2.31. The number of hydrogen-bond acceptors (Lipinski definition) is 7. The molecule has 1 atom stereocenters. The van der Waals surface area contributed by atoms with Gasteiger partial charge in [-0.1, -0.05) is 6.42 Å². The van der Waals surface area contributed by atoms with Crippen LogP contribution in [0.25, 0.3) is 0 Å². The highest BCUT2D eigenvalue weighted by Gasteiger charge is 2.25. The predicted molar refractivity (Wildman–Crippen MR) is 119 cm³/mol. The average molecular weight is 417 g/mol. The Morgan fingerprint density at radius 2 is 2.10 bits per heavy atom. The molecule has 4 rings (SSSR count). The van der Waals surface area contributed by atoms with E-state index in [1.54, 1.807) is 12.3 Å². The number of hydrogen-bond donors (Lipinski definition) is 1. The standard InChI is InChI=1S/C24H28N6O/c1-17-8-11-21(31-17)6-5-13-30-12-4-3-7-23(30)22-14-24(28-18(2)27-22)29-20-10-9-19(15-25)26-16-20/h8-11,14,16,23H,3-7,12-13H2,1-2H3,(H,27,28,29)/t23-/m1/s1. The van der Waals surface area contributed by atoms with Crippen molar-refractivity contribution in [1.82, 2.24) is 19.9 Å².